The van der Waals surface area contributed by atoms with E-state index in [-0.39, 0.29) is 0 Å². The van der Waals surface area contributed by atoms with Crippen LogP contribution in [0.25, 0.3) is 11.1 Å². The lowest BCUT2D eigenvalue weighted by Crippen LogP contribution is -2.08. The highest BCUT2D eigenvalue weighted by atomic mass is 17.2. The summed E-state index contributed by atoms with van der Waals surface area (Å²) in [4.78, 5) is 22.3. The Morgan fingerprint density at radius 2 is 1.43 bits per heavy atom. The van der Waals surface area contributed by atoms with Gasteiger partial charge in [0.15, 0.2) is 5.75 Å². The summed E-state index contributed by atoms with van der Waals surface area (Å²) in [6.45, 7) is 1.96. The zero-order valence-electron chi connectivity index (χ0n) is 12.7. The maximum atomic E-state index is 12.0. The molecule has 0 bridgehead atoms. The van der Waals surface area contributed by atoms with Gasteiger partial charge in [-0.15, -0.1) is 0 Å². The Bertz CT molecular complexity index is 793. The van der Waals surface area contributed by atoms with Gasteiger partial charge < -0.3 is 0 Å². The molecule has 0 atom stereocenters. The molecule has 3 rings (SSSR count). The first-order chi connectivity index (χ1) is 11.2. The maximum Gasteiger partial charge on any atom is 0.386 e. The molecule has 0 saturated carbocycles. The van der Waals surface area contributed by atoms with E-state index in [9.17, 15) is 4.79 Å². The number of rotatable bonds is 4. The van der Waals surface area contributed by atoms with E-state index in [1.165, 1.54) is 0 Å². The molecule has 114 valence electrons. The van der Waals surface area contributed by atoms with Gasteiger partial charge in [0, 0.05) is 5.56 Å². The van der Waals surface area contributed by atoms with Gasteiger partial charge in [-0.3, -0.25) is 4.89 Å². The van der Waals surface area contributed by atoms with E-state index in [2.05, 4.69) is 0 Å². The van der Waals surface area contributed by atoms with Crippen molar-refractivity contribution in [1.29, 1.82) is 0 Å². The Morgan fingerprint density at radius 3 is 2.17 bits per heavy atom. The first kappa shape index (κ1) is 14.9. The Labute approximate surface area is 135 Å². The number of aryl methyl sites for hydroxylation is 1. The molecular weight excluding hydrogens is 288 g/mol. The lowest BCUT2D eigenvalue weighted by Gasteiger charge is -2.09. The molecule has 0 amide bonds. The highest BCUT2D eigenvalue weighted by Gasteiger charge is 2.11. The highest BCUT2D eigenvalue weighted by molar-refractivity contribution is 5.89. The third-order valence-corrected chi connectivity index (χ3v) is 3.47. The number of hydrogen-bond donors (Lipinski definition) is 0. The second kappa shape index (κ2) is 6.79. The van der Waals surface area contributed by atoms with Crippen molar-refractivity contribution >= 4 is 5.97 Å². The van der Waals surface area contributed by atoms with Crippen LogP contribution in [-0.4, -0.2) is 5.97 Å². The molecule has 23 heavy (non-hydrogen) atoms. The van der Waals surface area contributed by atoms with Gasteiger partial charge in [-0.1, -0.05) is 66.2 Å². The minimum atomic E-state index is -0.520. The van der Waals surface area contributed by atoms with E-state index in [1.54, 1.807) is 18.2 Å². The molecule has 0 spiro atoms. The lowest BCUT2D eigenvalue weighted by molar-refractivity contribution is -0.149. The summed E-state index contributed by atoms with van der Waals surface area (Å²) in [5.41, 5.74) is 3.39. The van der Waals surface area contributed by atoms with Crippen LogP contribution in [0.1, 0.15) is 15.9 Å². The van der Waals surface area contributed by atoms with Crippen LogP contribution in [0.4, 0.5) is 0 Å². The van der Waals surface area contributed by atoms with Crippen LogP contribution in [0.15, 0.2) is 78.9 Å². The number of para-hydroxylation sites is 1. The van der Waals surface area contributed by atoms with E-state index in [0.29, 0.717) is 11.3 Å². The van der Waals surface area contributed by atoms with Crippen molar-refractivity contribution in [3.63, 3.8) is 0 Å². The fourth-order valence-corrected chi connectivity index (χ4v) is 2.22. The third kappa shape index (κ3) is 3.58. The molecule has 0 saturated heterocycles. The summed E-state index contributed by atoms with van der Waals surface area (Å²) in [6, 6.07) is 24.4. The summed E-state index contributed by atoms with van der Waals surface area (Å²) < 4.78 is 0. The predicted molar refractivity (Wildman–Crippen MR) is 89.1 cm³/mol. The van der Waals surface area contributed by atoms with Crippen LogP contribution in [0.3, 0.4) is 0 Å². The van der Waals surface area contributed by atoms with Crippen LogP contribution in [0, 0.1) is 6.92 Å². The van der Waals surface area contributed by atoms with E-state index in [0.717, 1.165) is 16.7 Å². The molecular formula is C20H16O3. The minimum absolute atomic E-state index is 0.452. The Hall–Kier alpha value is -3.07. The second-order valence-electron chi connectivity index (χ2n) is 5.18. The molecule has 3 aromatic carbocycles. The van der Waals surface area contributed by atoms with E-state index in [1.807, 2.05) is 67.6 Å². The van der Waals surface area contributed by atoms with Gasteiger partial charge in [-0.2, -0.15) is 0 Å². The molecule has 0 aliphatic heterocycles. The van der Waals surface area contributed by atoms with Crippen molar-refractivity contribution in [2.45, 2.75) is 6.92 Å². The fourth-order valence-electron chi connectivity index (χ4n) is 2.22. The van der Waals surface area contributed by atoms with Gasteiger partial charge in [0.1, 0.15) is 0 Å². The van der Waals surface area contributed by atoms with Crippen LogP contribution < -0.4 is 4.89 Å². The number of carbonyl (C=O) groups is 1. The summed E-state index contributed by atoms with van der Waals surface area (Å²) in [5, 5.41) is 0. The van der Waals surface area contributed by atoms with Gasteiger partial charge in [0.05, 0.1) is 5.56 Å². The van der Waals surface area contributed by atoms with Crippen molar-refractivity contribution in [2.24, 2.45) is 0 Å². The molecule has 0 radical (unpaired) electrons. The largest absolute Gasteiger partial charge is 0.386 e. The summed E-state index contributed by atoms with van der Waals surface area (Å²) >= 11 is 0. The lowest BCUT2D eigenvalue weighted by atomic mass is 10.1. The summed E-state index contributed by atoms with van der Waals surface area (Å²) in [6.07, 6.45) is 0. The summed E-state index contributed by atoms with van der Waals surface area (Å²) in [7, 11) is 0. The average Bonchev–Trinajstić information content (AvgIpc) is 2.61. The molecule has 0 aliphatic carbocycles. The van der Waals surface area contributed by atoms with Gasteiger partial charge in [0.2, 0.25) is 0 Å². The molecule has 3 aromatic rings. The van der Waals surface area contributed by atoms with Crippen molar-refractivity contribution in [1.82, 2.24) is 0 Å². The van der Waals surface area contributed by atoms with Crippen molar-refractivity contribution in [2.75, 3.05) is 0 Å². The van der Waals surface area contributed by atoms with E-state index >= 15 is 0 Å². The highest BCUT2D eigenvalue weighted by Crippen LogP contribution is 2.29. The minimum Gasteiger partial charge on any atom is -0.286 e. The molecule has 0 aliphatic rings. The maximum absolute atomic E-state index is 12.0. The SMILES string of the molecule is Cc1ccc(C(=O)OOc2ccccc2-c2ccccc2)cc1. The van der Waals surface area contributed by atoms with E-state index < -0.39 is 5.97 Å². The Balaban J connectivity index is 1.76. The van der Waals surface area contributed by atoms with Crippen molar-refractivity contribution < 1.29 is 14.6 Å². The Kier molecular flexibility index (Phi) is 4.39. The van der Waals surface area contributed by atoms with Gasteiger partial charge >= 0.3 is 5.97 Å². The van der Waals surface area contributed by atoms with E-state index in [4.69, 9.17) is 9.78 Å². The first-order valence-corrected chi connectivity index (χ1v) is 7.34. The predicted octanol–water partition coefficient (Wildman–Crippen LogP) is 4.81. The molecule has 3 nitrogen and oxygen atoms in total. The molecule has 0 aromatic heterocycles. The zero-order valence-corrected chi connectivity index (χ0v) is 12.7. The standard InChI is InChI=1S/C20H16O3/c1-15-11-13-17(14-12-15)20(21)23-22-19-10-6-5-9-18(19)16-7-3-2-4-8-16/h2-14H,1H3. The molecule has 0 N–H and O–H groups in total. The quantitative estimate of drug-likeness (QED) is 0.512. The Morgan fingerprint density at radius 1 is 0.783 bits per heavy atom. The molecule has 0 unspecified atom stereocenters. The fraction of sp³-hybridized carbons (Fsp3) is 0.0500. The van der Waals surface area contributed by atoms with Crippen LogP contribution >= 0.6 is 0 Å². The smallest absolute Gasteiger partial charge is 0.286 e. The van der Waals surface area contributed by atoms with Crippen LogP contribution in [0.5, 0.6) is 5.75 Å². The number of carbonyl (C=O) groups excluding carboxylic acids is 1. The van der Waals surface area contributed by atoms with Gasteiger partial charge in [-0.25, -0.2) is 9.68 Å². The average molecular weight is 304 g/mol. The van der Waals surface area contributed by atoms with Gasteiger partial charge in [-0.05, 0) is 30.7 Å². The van der Waals surface area contributed by atoms with Gasteiger partial charge in [0.25, 0.3) is 0 Å². The number of benzene rings is 3. The zero-order chi connectivity index (χ0) is 16.1. The molecule has 0 fully saturated rings. The van der Waals surface area contributed by atoms with Crippen molar-refractivity contribution in [3.8, 4) is 16.9 Å². The third-order valence-electron chi connectivity index (χ3n) is 3.47. The second-order valence-corrected chi connectivity index (χ2v) is 5.18. The topological polar surface area (TPSA) is 35.5 Å². The number of hydrogen-bond acceptors (Lipinski definition) is 3. The summed E-state index contributed by atoms with van der Waals surface area (Å²) in [5.74, 6) is -0.0213. The first-order valence-electron chi connectivity index (χ1n) is 7.34. The molecule has 3 heteroatoms. The van der Waals surface area contributed by atoms with Crippen LogP contribution in [0.2, 0.25) is 0 Å². The monoisotopic (exact) mass is 304 g/mol. The normalized spacial score (nSPS) is 10.1. The van der Waals surface area contributed by atoms with Crippen LogP contribution in [-0.2, 0) is 4.89 Å². The van der Waals surface area contributed by atoms with Crippen molar-refractivity contribution in [3.05, 3.63) is 90.0 Å². The molecule has 0 heterocycles.